The number of nitrogens with one attached hydrogen (secondary N) is 2. The lowest BCUT2D eigenvalue weighted by atomic mass is 9.83. The first-order valence-corrected chi connectivity index (χ1v) is 11.1. The highest BCUT2D eigenvalue weighted by Gasteiger charge is 2.29. The van der Waals surface area contributed by atoms with Gasteiger partial charge in [-0.15, -0.1) is 0 Å². The van der Waals surface area contributed by atoms with Gasteiger partial charge in [0.2, 0.25) is 0 Å². The SMILES string of the molecule is CC1=CC(CNc2nccc3cc(-c4ccnc(Cl)c4)ncc23)=CNC1(C)c1ccncc1. The van der Waals surface area contributed by atoms with Crippen molar-refractivity contribution in [3.63, 3.8) is 0 Å². The molecule has 0 saturated heterocycles. The van der Waals surface area contributed by atoms with Crippen LogP contribution in [0.5, 0.6) is 0 Å². The Hall–Kier alpha value is -3.77. The molecule has 1 aliphatic rings. The van der Waals surface area contributed by atoms with E-state index in [-0.39, 0.29) is 5.54 Å². The molecule has 2 N–H and O–H groups in total. The molecule has 33 heavy (non-hydrogen) atoms. The summed E-state index contributed by atoms with van der Waals surface area (Å²) in [5.41, 5.74) is 5.09. The molecule has 4 aromatic rings. The Morgan fingerprint density at radius 3 is 2.61 bits per heavy atom. The molecule has 4 aromatic heterocycles. The van der Waals surface area contributed by atoms with Gasteiger partial charge in [-0.3, -0.25) is 9.97 Å². The van der Waals surface area contributed by atoms with Crippen LogP contribution in [0.1, 0.15) is 19.4 Å². The van der Waals surface area contributed by atoms with Crippen LogP contribution in [0.15, 0.2) is 90.8 Å². The summed E-state index contributed by atoms with van der Waals surface area (Å²) < 4.78 is 0. The lowest BCUT2D eigenvalue weighted by molar-refractivity contribution is 0.486. The number of hydrogen-bond donors (Lipinski definition) is 2. The molecule has 0 bridgehead atoms. The van der Waals surface area contributed by atoms with Gasteiger partial charge in [0.25, 0.3) is 0 Å². The number of dihydropyridines is 1. The summed E-state index contributed by atoms with van der Waals surface area (Å²) in [5, 5.41) is 9.50. The van der Waals surface area contributed by atoms with Gasteiger partial charge < -0.3 is 10.6 Å². The predicted molar refractivity (Wildman–Crippen MR) is 133 cm³/mol. The number of anilines is 1. The molecule has 0 radical (unpaired) electrons. The van der Waals surface area contributed by atoms with Crippen LogP contribution in [-0.4, -0.2) is 26.5 Å². The zero-order valence-corrected chi connectivity index (χ0v) is 19.1. The molecule has 5 rings (SSSR count). The van der Waals surface area contributed by atoms with E-state index in [1.807, 2.05) is 61.2 Å². The van der Waals surface area contributed by atoms with Crippen LogP contribution in [-0.2, 0) is 5.54 Å². The molecule has 0 saturated carbocycles. The molecular weight excluding hydrogens is 432 g/mol. The van der Waals surface area contributed by atoms with Gasteiger partial charge in [0.05, 0.1) is 11.2 Å². The first kappa shape index (κ1) is 21.1. The van der Waals surface area contributed by atoms with Gasteiger partial charge in [0.15, 0.2) is 0 Å². The zero-order chi connectivity index (χ0) is 22.8. The normalized spacial score (nSPS) is 17.8. The van der Waals surface area contributed by atoms with Gasteiger partial charge >= 0.3 is 0 Å². The summed E-state index contributed by atoms with van der Waals surface area (Å²) in [5.74, 6) is 0.800. The average Bonchev–Trinajstić information content (AvgIpc) is 2.85. The molecule has 0 aromatic carbocycles. The first-order valence-electron chi connectivity index (χ1n) is 10.7. The van der Waals surface area contributed by atoms with Crippen molar-refractivity contribution in [3.05, 3.63) is 102 Å². The molecule has 0 aliphatic carbocycles. The minimum Gasteiger partial charge on any atom is -0.378 e. The van der Waals surface area contributed by atoms with Crippen molar-refractivity contribution >= 4 is 28.2 Å². The van der Waals surface area contributed by atoms with Crippen molar-refractivity contribution < 1.29 is 0 Å². The summed E-state index contributed by atoms with van der Waals surface area (Å²) in [4.78, 5) is 17.3. The maximum Gasteiger partial charge on any atom is 0.135 e. The maximum absolute atomic E-state index is 6.04. The van der Waals surface area contributed by atoms with Crippen molar-refractivity contribution in [2.45, 2.75) is 19.4 Å². The number of hydrogen-bond acceptors (Lipinski definition) is 6. The molecule has 7 heteroatoms. The Labute approximate surface area is 197 Å². The quantitative estimate of drug-likeness (QED) is 0.388. The van der Waals surface area contributed by atoms with E-state index < -0.39 is 0 Å². The van der Waals surface area contributed by atoms with E-state index in [0.29, 0.717) is 11.7 Å². The van der Waals surface area contributed by atoms with Gasteiger partial charge in [-0.2, -0.15) is 0 Å². The van der Waals surface area contributed by atoms with Crippen LogP contribution in [0.2, 0.25) is 5.15 Å². The Bertz CT molecular complexity index is 1380. The smallest absolute Gasteiger partial charge is 0.135 e. The Morgan fingerprint density at radius 1 is 1.00 bits per heavy atom. The van der Waals surface area contributed by atoms with Crippen molar-refractivity contribution in [3.8, 4) is 11.3 Å². The van der Waals surface area contributed by atoms with Gasteiger partial charge in [-0.1, -0.05) is 17.7 Å². The Morgan fingerprint density at radius 2 is 1.82 bits per heavy atom. The summed E-state index contributed by atoms with van der Waals surface area (Å²) in [7, 11) is 0. The fraction of sp³-hybridized carbons (Fsp3) is 0.154. The topological polar surface area (TPSA) is 75.6 Å². The van der Waals surface area contributed by atoms with Crippen LogP contribution in [0.25, 0.3) is 22.0 Å². The third kappa shape index (κ3) is 4.17. The highest BCUT2D eigenvalue weighted by atomic mass is 35.5. The van der Waals surface area contributed by atoms with E-state index >= 15 is 0 Å². The lowest BCUT2D eigenvalue weighted by Gasteiger charge is -2.35. The van der Waals surface area contributed by atoms with Gasteiger partial charge in [-0.25, -0.2) is 9.97 Å². The van der Waals surface area contributed by atoms with Crippen molar-refractivity contribution in [2.24, 2.45) is 0 Å². The second-order valence-corrected chi connectivity index (χ2v) is 8.61. The molecule has 164 valence electrons. The zero-order valence-electron chi connectivity index (χ0n) is 18.4. The second-order valence-electron chi connectivity index (χ2n) is 8.22. The van der Waals surface area contributed by atoms with E-state index in [4.69, 9.17) is 11.6 Å². The van der Waals surface area contributed by atoms with E-state index in [1.54, 1.807) is 6.20 Å². The summed E-state index contributed by atoms with van der Waals surface area (Å²) in [6.45, 7) is 4.97. The summed E-state index contributed by atoms with van der Waals surface area (Å²) >= 11 is 6.04. The fourth-order valence-corrected chi connectivity index (χ4v) is 4.20. The number of pyridine rings is 4. The fourth-order valence-electron chi connectivity index (χ4n) is 4.03. The number of nitrogens with zero attached hydrogens (tertiary/aromatic N) is 4. The van der Waals surface area contributed by atoms with Gasteiger partial charge in [0, 0.05) is 54.7 Å². The van der Waals surface area contributed by atoms with Crippen molar-refractivity contribution in [1.29, 1.82) is 0 Å². The lowest BCUT2D eigenvalue weighted by Crippen LogP contribution is -2.40. The standard InChI is InChI=1S/C26H23ClN6/c1-17-11-18(15-33-26(17,2)21-5-7-28-8-6-21)14-32-25-22-16-31-23(12-19(22)3-10-30-25)20-4-9-29-24(27)13-20/h3-13,15-16,33H,14H2,1-2H3,(H,30,32). The molecule has 0 fully saturated rings. The third-order valence-corrected chi connectivity index (χ3v) is 6.33. The molecule has 6 nitrogen and oxygen atoms in total. The number of rotatable bonds is 5. The summed E-state index contributed by atoms with van der Waals surface area (Å²) in [6.07, 6.45) is 13.3. The Kier molecular flexibility index (Phi) is 5.52. The van der Waals surface area contributed by atoms with E-state index in [0.717, 1.165) is 33.4 Å². The van der Waals surface area contributed by atoms with Crippen LogP contribution in [0.4, 0.5) is 5.82 Å². The van der Waals surface area contributed by atoms with Gasteiger partial charge in [-0.05, 0) is 72.3 Å². The highest BCUT2D eigenvalue weighted by Crippen LogP contribution is 2.32. The minimum absolute atomic E-state index is 0.250. The highest BCUT2D eigenvalue weighted by molar-refractivity contribution is 6.29. The molecule has 0 spiro atoms. The molecule has 0 amide bonds. The number of aromatic nitrogens is 4. The van der Waals surface area contributed by atoms with E-state index in [1.165, 1.54) is 11.1 Å². The van der Waals surface area contributed by atoms with Gasteiger partial charge in [0.1, 0.15) is 11.0 Å². The van der Waals surface area contributed by atoms with Crippen LogP contribution in [0, 0.1) is 0 Å². The average molecular weight is 455 g/mol. The maximum atomic E-state index is 6.04. The van der Waals surface area contributed by atoms with Crippen molar-refractivity contribution in [2.75, 3.05) is 11.9 Å². The number of fused-ring (bicyclic) bond motifs is 1. The molecule has 1 unspecified atom stereocenters. The monoisotopic (exact) mass is 454 g/mol. The molecule has 1 aliphatic heterocycles. The second kappa shape index (κ2) is 8.64. The third-order valence-electron chi connectivity index (χ3n) is 6.13. The van der Waals surface area contributed by atoms with Crippen LogP contribution < -0.4 is 10.6 Å². The number of halogens is 1. The molecule has 1 atom stereocenters. The van der Waals surface area contributed by atoms with E-state index in [2.05, 4.69) is 56.7 Å². The predicted octanol–water partition coefficient (Wildman–Crippen LogP) is 5.50. The van der Waals surface area contributed by atoms with Crippen molar-refractivity contribution in [1.82, 2.24) is 25.3 Å². The molecule has 5 heterocycles. The van der Waals surface area contributed by atoms with Crippen LogP contribution >= 0.6 is 11.6 Å². The first-order chi connectivity index (χ1) is 16.0. The minimum atomic E-state index is -0.250. The Balaban J connectivity index is 1.35. The molecular formula is C26H23ClN6. The summed E-state index contributed by atoms with van der Waals surface area (Å²) in [6, 6.07) is 11.8. The largest absolute Gasteiger partial charge is 0.378 e. The van der Waals surface area contributed by atoms with E-state index in [9.17, 15) is 0 Å². The van der Waals surface area contributed by atoms with Crippen LogP contribution in [0.3, 0.4) is 0 Å².